The minimum atomic E-state index is 0.168. The van der Waals surface area contributed by atoms with Gasteiger partial charge in [-0.05, 0) is 44.5 Å². The third-order valence-corrected chi connectivity index (χ3v) is 4.56. The summed E-state index contributed by atoms with van der Waals surface area (Å²) in [5, 5.41) is 0. The summed E-state index contributed by atoms with van der Waals surface area (Å²) in [6, 6.07) is 10.5. The lowest BCUT2D eigenvalue weighted by atomic mass is 10.0. The van der Waals surface area contributed by atoms with E-state index in [1.807, 2.05) is 35.2 Å². The van der Waals surface area contributed by atoms with E-state index in [4.69, 9.17) is 5.73 Å². The number of nitrogens with zero attached hydrogens (tertiary/aromatic N) is 2. The number of hydrogen-bond acceptors (Lipinski definition) is 3. The molecule has 1 unspecified atom stereocenters. The Bertz CT molecular complexity index is 454. The number of benzene rings is 1. The van der Waals surface area contributed by atoms with Crippen molar-refractivity contribution in [2.75, 3.05) is 26.2 Å². The van der Waals surface area contributed by atoms with Gasteiger partial charge in [-0.2, -0.15) is 0 Å². The van der Waals surface area contributed by atoms with Crippen molar-refractivity contribution >= 4 is 5.91 Å². The van der Waals surface area contributed by atoms with Crippen LogP contribution in [0.5, 0.6) is 0 Å². The van der Waals surface area contributed by atoms with E-state index in [-0.39, 0.29) is 5.91 Å². The second kappa shape index (κ2) is 5.94. The maximum absolute atomic E-state index is 12.4. The van der Waals surface area contributed by atoms with Crippen LogP contribution in [0.2, 0.25) is 0 Å². The van der Waals surface area contributed by atoms with Crippen LogP contribution in [-0.4, -0.2) is 54.0 Å². The summed E-state index contributed by atoms with van der Waals surface area (Å²) >= 11 is 0. The first-order valence-corrected chi connectivity index (χ1v) is 7.58. The minimum absolute atomic E-state index is 0.168. The van der Waals surface area contributed by atoms with Crippen LogP contribution in [0.1, 0.15) is 29.6 Å². The molecule has 1 amide bonds. The molecular formula is C16H23N3O. The Morgan fingerprint density at radius 2 is 1.75 bits per heavy atom. The SMILES string of the molecule is NC1CCN(C2CCN(C(=O)c3ccccc3)C2)CC1. The first-order valence-electron chi connectivity index (χ1n) is 7.58. The molecule has 0 spiro atoms. The zero-order chi connectivity index (χ0) is 13.9. The van der Waals surface area contributed by atoms with Gasteiger partial charge in [-0.15, -0.1) is 0 Å². The molecule has 1 atom stereocenters. The molecule has 0 radical (unpaired) electrons. The number of hydrogen-bond donors (Lipinski definition) is 1. The molecule has 0 saturated carbocycles. The molecule has 0 bridgehead atoms. The van der Waals surface area contributed by atoms with Gasteiger partial charge >= 0.3 is 0 Å². The first kappa shape index (κ1) is 13.6. The van der Waals surface area contributed by atoms with Crippen LogP contribution in [-0.2, 0) is 0 Å². The molecule has 3 rings (SSSR count). The van der Waals surface area contributed by atoms with E-state index in [2.05, 4.69) is 4.90 Å². The normalized spacial score (nSPS) is 25.1. The molecule has 4 nitrogen and oxygen atoms in total. The highest BCUT2D eigenvalue weighted by molar-refractivity contribution is 5.94. The Labute approximate surface area is 120 Å². The molecule has 20 heavy (non-hydrogen) atoms. The van der Waals surface area contributed by atoms with Gasteiger partial charge in [0.2, 0.25) is 0 Å². The van der Waals surface area contributed by atoms with Crippen LogP contribution in [0, 0.1) is 0 Å². The van der Waals surface area contributed by atoms with E-state index < -0.39 is 0 Å². The van der Waals surface area contributed by atoms with E-state index >= 15 is 0 Å². The topological polar surface area (TPSA) is 49.6 Å². The van der Waals surface area contributed by atoms with Crippen molar-refractivity contribution in [1.29, 1.82) is 0 Å². The Kier molecular flexibility index (Phi) is 4.03. The Morgan fingerprint density at radius 3 is 2.45 bits per heavy atom. The van der Waals surface area contributed by atoms with Crippen molar-refractivity contribution in [3.05, 3.63) is 35.9 Å². The lowest BCUT2D eigenvalue weighted by molar-refractivity contribution is 0.0769. The van der Waals surface area contributed by atoms with Gasteiger partial charge in [-0.1, -0.05) is 18.2 Å². The van der Waals surface area contributed by atoms with Gasteiger partial charge in [0.1, 0.15) is 0 Å². The summed E-state index contributed by atoms with van der Waals surface area (Å²) in [4.78, 5) is 16.9. The Balaban J connectivity index is 1.58. The van der Waals surface area contributed by atoms with E-state index in [1.165, 1.54) is 0 Å². The molecule has 1 aromatic rings. The Hall–Kier alpha value is -1.39. The summed E-state index contributed by atoms with van der Waals surface area (Å²) in [6.45, 7) is 3.91. The molecule has 2 aliphatic heterocycles. The lowest BCUT2D eigenvalue weighted by Crippen LogP contribution is -2.46. The molecular weight excluding hydrogens is 250 g/mol. The largest absolute Gasteiger partial charge is 0.337 e. The first-order chi connectivity index (χ1) is 9.74. The van der Waals surface area contributed by atoms with Crippen molar-refractivity contribution in [3.63, 3.8) is 0 Å². The second-order valence-electron chi connectivity index (χ2n) is 5.93. The zero-order valence-corrected chi connectivity index (χ0v) is 11.9. The number of amides is 1. The van der Waals surface area contributed by atoms with Crippen LogP contribution in [0.25, 0.3) is 0 Å². The smallest absolute Gasteiger partial charge is 0.253 e. The maximum Gasteiger partial charge on any atom is 0.253 e. The van der Waals surface area contributed by atoms with Gasteiger partial charge in [0.05, 0.1) is 0 Å². The summed E-state index contributed by atoms with van der Waals surface area (Å²) < 4.78 is 0. The highest BCUT2D eigenvalue weighted by atomic mass is 16.2. The van der Waals surface area contributed by atoms with Crippen molar-refractivity contribution < 1.29 is 4.79 Å². The monoisotopic (exact) mass is 273 g/mol. The third kappa shape index (κ3) is 2.86. The average Bonchev–Trinajstić information content (AvgIpc) is 2.98. The Morgan fingerprint density at radius 1 is 1.05 bits per heavy atom. The van der Waals surface area contributed by atoms with Crippen molar-refractivity contribution in [2.24, 2.45) is 5.73 Å². The molecule has 108 valence electrons. The molecule has 2 heterocycles. The number of carbonyl (C=O) groups excluding carboxylic acids is 1. The van der Waals surface area contributed by atoms with Crippen molar-refractivity contribution in [2.45, 2.75) is 31.3 Å². The fourth-order valence-electron chi connectivity index (χ4n) is 3.27. The van der Waals surface area contributed by atoms with Gasteiger partial charge in [-0.3, -0.25) is 9.69 Å². The molecule has 2 saturated heterocycles. The van der Waals surface area contributed by atoms with Gasteiger partial charge in [0, 0.05) is 30.7 Å². The molecule has 4 heteroatoms. The standard InChI is InChI=1S/C16H23N3O/c17-14-6-9-18(10-7-14)15-8-11-19(12-15)16(20)13-4-2-1-3-5-13/h1-5,14-15H,6-12,17H2. The minimum Gasteiger partial charge on any atom is -0.337 e. The average molecular weight is 273 g/mol. The quantitative estimate of drug-likeness (QED) is 0.884. The van der Waals surface area contributed by atoms with E-state index in [0.29, 0.717) is 12.1 Å². The highest BCUT2D eigenvalue weighted by Crippen LogP contribution is 2.21. The number of carbonyl (C=O) groups is 1. The van der Waals surface area contributed by atoms with E-state index in [0.717, 1.165) is 51.0 Å². The predicted octanol–water partition coefficient (Wildman–Crippen LogP) is 1.32. The molecule has 1 aromatic carbocycles. The van der Waals surface area contributed by atoms with Crippen LogP contribution in [0.4, 0.5) is 0 Å². The number of nitrogens with two attached hydrogens (primary N) is 1. The van der Waals surface area contributed by atoms with Crippen LogP contribution in [0.15, 0.2) is 30.3 Å². The lowest BCUT2D eigenvalue weighted by Gasteiger charge is -2.34. The van der Waals surface area contributed by atoms with E-state index in [9.17, 15) is 4.79 Å². The van der Waals surface area contributed by atoms with Crippen molar-refractivity contribution in [3.8, 4) is 0 Å². The number of piperidine rings is 1. The molecule has 2 fully saturated rings. The fraction of sp³-hybridized carbons (Fsp3) is 0.562. The molecule has 2 aliphatic rings. The molecule has 2 N–H and O–H groups in total. The molecule has 0 aromatic heterocycles. The van der Waals surface area contributed by atoms with Gasteiger partial charge in [0.15, 0.2) is 0 Å². The zero-order valence-electron chi connectivity index (χ0n) is 11.9. The van der Waals surface area contributed by atoms with Crippen LogP contribution < -0.4 is 5.73 Å². The van der Waals surface area contributed by atoms with Crippen LogP contribution >= 0.6 is 0 Å². The summed E-state index contributed by atoms with van der Waals surface area (Å²) in [5.41, 5.74) is 6.76. The predicted molar refractivity (Wildman–Crippen MR) is 79.5 cm³/mol. The number of likely N-dealkylation sites (tertiary alicyclic amines) is 2. The second-order valence-corrected chi connectivity index (χ2v) is 5.93. The third-order valence-electron chi connectivity index (χ3n) is 4.56. The summed E-state index contributed by atoms with van der Waals surface area (Å²) in [5.74, 6) is 0.168. The molecule has 0 aliphatic carbocycles. The summed E-state index contributed by atoms with van der Waals surface area (Å²) in [6.07, 6.45) is 3.26. The van der Waals surface area contributed by atoms with Crippen LogP contribution in [0.3, 0.4) is 0 Å². The van der Waals surface area contributed by atoms with Gasteiger partial charge < -0.3 is 10.6 Å². The van der Waals surface area contributed by atoms with Gasteiger partial charge in [-0.25, -0.2) is 0 Å². The fourth-order valence-corrected chi connectivity index (χ4v) is 3.27. The van der Waals surface area contributed by atoms with Gasteiger partial charge in [0.25, 0.3) is 5.91 Å². The highest BCUT2D eigenvalue weighted by Gasteiger charge is 2.32. The maximum atomic E-state index is 12.4. The number of rotatable bonds is 2. The van der Waals surface area contributed by atoms with Crippen molar-refractivity contribution in [1.82, 2.24) is 9.80 Å². The summed E-state index contributed by atoms with van der Waals surface area (Å²) in [7, 11) is 0. The van der Waals surface area contributed by atoms with E-state index in [1.54, 1.807) is 0 Å².